The Morgan fingerprint density at radius 2 is 1.47 bits per heavy atom. The van der Waals surface area contributed by atoms with Crippen LogP contribution in [0.2, 0.25) is 0 Å². The molecule has 36 heavy (non-hydrogen) atoms. The molecule has 4 nitrogen and oxygen atoms in total. The second-order valence-corrected chi connectivity index (χ2v) is 10.2. The highest BCUT2D eigenvalue weighted by atomic mass is 19.2. The molecule has 2 aliphatic carbocycles. The Labute approximate surface area is 210 Å². The van der Waals surface area contributed by atoms with Crippen LogP contribution >= 0.6 is 0 Å². The van der Waals surface area contributed by atoms with Gasteiger partial charge in [0.05, 0.1) is 18.3 Å². The van der Waals surface area contributed by atoms with Gasteiger partial charge in [0.15, 0.2) is 23.2 Å². The van der Waals surface area contributed by atoms with Crippen molar-refractivity contribution >= 4 is 5.97 Å². The van der Waals surface area contributed by atoms with Crippen molar-refractivity contribution in [2.45, 2.75) is 89.3 Å². The maximum absolute atomic E-state index is 15.1. The van der Waals surface area contributed by atoms with Gasteiger partial charge in [0, 0.05) is 0 Å². The number of rotatable bonds is 7. The SMILES string of the molecule is CCOc1ccc(C(=O)OC2CCC(c3ccc(C4CCC(C(C)O)CC4)c(F)c3F)CC2)cc1F. The molecule has 0 aromatic heterocycles. The Hall–Kier alpha value is -2.54. The van der Waals surface area contributed by atoms with Crippen LogP contribution in [0, 0.1) is 23.4 Å². The smallest absolute Gasteiger partial charge is 0.338 e. The lowest BCUT2D eigenvalue weighted by Gasteiger charge is -2.31. The number of aliphatic hydroxyl groups is 1. The summed E-state index contributed by atoms with van der Waals surface area (Å²) in [6.45, 7) is 3.86. The number of aliphatic hydroxyl groups excluding tert-OH is 1. The second kappa shape index (κ2) is 11.7. The van der Waals surface area contributed by atoms with E-state index in [1.54, 1.807) is 26.0 Å². The summed E-state index contributed by atoms with van der Waals surface area (Å²) in [4.78, 5) is 12.5. The lowest BCUT2D eigenvalue weighted by atomic mass is 9.76. The topological polar surface area (TPSA) is 55.8 Å². The van der Waals surface area contributed by atoms with Crippen LogP contribution in [0.3, 0.4) is 0 Å². The van der Waals surface area contributed by atoms with Crippen LogP contribution in [-0.2, 0) is 4.74 Å². The van der Waals surface area contributed by atoms with Crippen molar-refractivity contribution in [1.29, 1.82) is 0 Å². The van der Waals surface area contributed by atoms with Crippen molar-refractivity contribution in [3.8, 4) is 5.75 Å². The van der Waals surface area contributed by atoms with Crippen molar-refractivity contribution in [2.75, 3.05) is 6.61 Å². The molecule has 2 aromatic carbocycles. The van der Waals surface area contributed by atoms with Crippen molar-refractivity contribution in [3.05, 3.63) is 64.5 Å². The van der Waals surface area contributed by atoms with E-state index in [4.69, 9.17) is 9.47 Å². The van der Waals surface area contributed by atoms with E-state index < -0.39 is 23.4 Å². The molecule has 1 atom stereocenters. The summed E-state index contributed by atoms with van der Waals surface area (Å²) in [6.07, 6.45) is 4.62. The molecule has 0 bridgehead atoms. The minimum Gasteiger partial charge on any atom is -0.491 e. The van der Waals surface area contributed by atoms with E-state index in [1.165, 1.54) is 12.1 Å². The first-order valence-corrected chi connectivity index (χ1v) is 13.1. The van der Waals surface area contributed by atoms with Crippen LogP contribution in [0.25, 0.3) is 0 Å². The van der Waals surface area contributed by atoms with Gasteiger partial charge in [-0.05, 0) is 112 Å². The summed E-state index contributed by atoms with van der Waals surface area (Å²) in [5, 5.41) is 9.80. The molecule has 2 aliphatic rings. The molecule has 0 saturated heterocycles. The van der Waals surface area contributed by atoms with E-state index in [2.05, 4.69) is 0 Å². The number of hydrogen-bond acceptors (Lipinski definition) is 4. The summed E-state index contributed by atoms with van der Waals surface area (Å²) < 4.78 is 55.0. The standard InChI is InChI=1S/C29H35F3O4/c1-3-35-26-15-10-21(16-25(26)30)29(34)36-22-11-8-20(9-12-22)24-14-13-23(27(31)28(24)32)19-6-4-18(5-7-19)17(2)33/h10,13-20,22,33H,3-9,11-12H2,1-2H3. The quantitative estimate of drug-likeness (QED) is 0.411. The highest BCUT2D eigenvalue weighted by Crippen LogP contribution is 2.41. The zero-order valence-electron chi connectivity index (χ0n) is 20.9. The second-order valence-electron chi connectivity index (χ2n) is 10.2. The summed E-state index contributed by atoms with van der Waals surface area (Å²) in [5.74, 6) is -2.59. The van der Waals surface area contributed by atoms with Gasteiger partial charge in [-0.25, -0.2) is 18.0 Å². The minimum absolute atomic E-state index is 0.0221. The fourth-order valence-electron chi connectivity index (χ4n) is 5.73. The lowest BCUT2D eigenvalue weighted by Crippen LogP contribution is -2.25. The molecule has 2 fully saturated rings. The number of ether oxygens (including phenoxy) is 2. The van der Waals surface area contributed by atoms with E-state index in [0.717, 1.165) is 31.7 Å². The van der Waals surface area contributed by atoms with Gasteiger partial charge in [0.2, 0.25) is 0 Å². The third-order valence-electron chi connectivity index (χ3n) is 7.89. The van der Waals surface area contributed by atoms with E-state index in [9.17, 15) is 14.3 Å². The highest BCUT2D eigenvalue weighted by Gasteiger charge is 2.31. The Kier molecular flexibility index (Phi) is 8.60. The number of carbonyl (C=O) groups excluding carboxylic acids is 1. The summed E-state index contributed by atoms with van der Waals surface area (Å²) in [7, 11) is 0. The Morgan fingerprint density at radius 1 is 0.917 bits per heavy atom. The van der Waals surface area contributed by atoms with E-state index in [1.807, 2.05) is 0 Å². The molecular weight excluding hydrogens is 469 g/mol. The fraction of sp³-hybridized carbons (Fsp3) is 0.552. The first-order chi connectivity index (χ1) is 17.3. The molecule has 1 N–H and O–H groups in total. The first kappa shape index (κ1) is 26.5. The molecule has 4 rings (SSSR count). The van der Waals surface area contributed by atoms with Gasteiger partial charge in [0.1, 0.15) is 6.10 Å². The number of hydrogen-bond donors (Lipinski definition) is 1. The van der Waals surface area contributed by atoms with Crippen LogP contribution in [0.5, 0.6) is 5.75 Å². The molecule has 2 aromatic rings. The molecule has 0 spiro atoms. The minimum atomic E-state index is -0.768. The molecule has 0 aliphatic heterocycles. The number of benzene rings is 2. The van der Waals surface area contributed by atoms with Crippen LogP contribution in [-0.4, -0.2) is 29.9 Å². The van der Waals surface area contributed by atoms with Crippen molar-refractivity contribution in [2.24, 2.45) is 5.92 Å². The van der Waals surface area contributed by atoms with Gasteiger partial charge in [-0.15, -0.1) is 0 Å². The molecule has 0 radical (unpaired) electrons. The van der Waals surface area contributed by atoms with Crippen LogP contribution in [0.4, 0.5) is 13.2 Å². The van der Waals surface area contributed by atoms with Gasteiger partial charge in [-0.3, -0.25) is 0 Å². The largest absolute Gasteiger partial charge is 0.491 e. The predicted molar refractivity (Wildman–Crippen MR) is 131 cm³/mol. The average molecular weight is 505 g/mol. The molecular formula is C29H35F3O4. The van der Waals surface area contributed by atoms with E-state index in [0.29, 0.717) is 43.4 Å². The average Bonchev–Trinajstić information content (AvgIpc) is 2.87. The fourth-order valence-corrected chi connectivity index (χ4v) is 5.73. The van der Waals surface area contributed by atoms with Crippen molar-refractivity contribution in [3.63, 3.8) is 0 Å². The number of esters is 1. The summed E-state index contributed by atoms with van der Waals surface area (Å²) >= 11 is 0. The van der Waals surface area contributed by atoms with Crippen LogP contribution < -0.4 is 4.74 Å². The molecule has 7 heteroatoms. The third-order valence-corrected chi connectivity index (χ3v) is 7.89. The molecule has 0 heterocycles. The maximum atomic E-state index is 15.1. The van der Waals surface area contributed by atoms with E-state index >= 15 is 8.78 Å². The van der Waals surface area contributed by atoms with Gasteiger partial charge in [0.25, 0.3) is 0 Å². The highest BCUT2D eigenvalue weighted by molar-refractivity contribution is 5.89. The van der Waals surface area contributed by atoms with Crippen molar-refractivity contribution < 1.29 is 32.5 Å². The third kappa shape index (κ3) is 5.88. The zero-order valence-corrected chi connectivity index (χ0v) is 20.9. The van der Waals surface area contributed by atoms with Gasteiger partial charge in [-0.1, -0.05) is 12.1 Å². The normalized spacial score (nSPS) is 25.3. The van der Waals surface area contributed by atoms with Gasteiger partial charge < -0.3 is 14.6 Å². The summed E-state index contributed by atoms with van der Waals surface area (Å²) in [5.41, 5.74) is 0.932. The monoisotopic (exact) mass is 504 g/mol. The first-order valence-electron chi connectivity index (χ1n) is 13.1. The Bertz CT molecular complexity index is 1050. The predicted octanol–water partition coefficient (Wildman–Crippen LogP) is 7.04. The Balaban J connectivity index is 1.34. The van der Waals surface area contributed by atoms with E-state index in [-0.39, 0.29) is 41.3 Å². The van der Waals surface area contributed by atoms with Gasteiger partial charge in [-0.2, -0.15) is 0 Å². The van der Waals surface area contributed by atoms with Crippen LogP contribution in [0.1, 0.15) is 98.5 Å². The molecule has 1 unspecified atom stereocenters. The number of halogens is 3. The van der Waals surface area contributed by atoms with Crippen LogP contribution in [0.15, 0.2) is 30.3 Å². The summed E-state index contributed by atoms with van der Waals surface area (Å²) in [6, 6.07) is 7.43. The molecule has 0 amide bonds. The van der Waals surface area contributed by atoms with Crippen molar-refractivity contribution in [1.82, 2.24) is 0 Å². The Morgan fingerprint density at radius 3 is 1.97 bits per heavy atom. The zero-order chi connectivity index (χ0) is 25.8. The molecule has 2 saturated carbocycles. The molecule has 196 valence electrons. The lowest BCUT2D eigenvalue weighted by molar-refractivity contribution is 0.0193. The number of carbonyl (C=O) groups is 1. The maximum Gasteiger partial charge on any atom is 0.338 e. The van der Waals surface area contributed by atoms with Gasteiger partial charge >= 0.3 is 5.97 Å².